The standard InChI is InChI=1S/C7H8N2.2BrH/c1-3-8-5-7-6(1)2-4-9-7;;/h1,3,5,9H,2,4H2;2*1H. The molecule has 2 heterocycles. The summed E-state index contributed by atoms with van der Waals surface area (Å²) in [5, 5.41) is 3.24. The lowest BCUT2D eigenvalue weighted by atomic mass is 10.2. The highest BCUT2D eigenvalue weighted by Crippen LogP contribution is 2.18. The molecule has 0 aliphatic carbocycles. The fourth-order valence-electron chi connectivity index (χ4n) is 1.13. The van der Waals surface area contributed by atoms with E-state index in [-0.39, 0.29) is 34.0 Å². The monoisotopic (exact) mass is 280 g/mol. The summed E-state index contributed by atoms with van der Waals surface area (Å²) in [4.78, 5) is 3.99. The average molecular weight is 282 g/mol. The number of nitrogens with one attached hydrogen (secondary N) is 1. The zero-order valence-electron chi connectivity index (χ0n) is 5.91. The minimum atomic E-state index is 0. The lowest BCUT2D eigenvalue weighted by Crippen LogP contribution is -1.90. The molecule has 0 bridgehead atoms. The molecule has 0 radical (unpaired) electrons. The molecule has 0 atom stereocenters. The van der Waals surface area contributed by atoms with Gasteiger partial charge in [0.25, 0.3) is 0 Å². The molecule has 1 aromatic heterocycles. The molecule has 11 heavy (non-hydrogen) atoms. The van der Waals surface area contributed by atoms with E-state index in [1.54, 1.807) is 0 Å². The van der Waals surface area contributed by atoms with Gasteiger partial charge in [0.2, 0.25) is 0 Å². The van der Waals surface area contributed by atoms with Gasteiger partial charge in [-0.05, 0) is 18.1 Å². The van der Waals surface area contributed by atoms with Crippen molar-refractivity contribution in [1.82, 2.24) is 4.98 Å². The molecule has 0 unspecified atom stereocenters. The molecule has 0 saturated heterocycles. The maximum Gasteiger partial charge on any atom is 0.0560 e. The van der Waals surface area contributed by atoms with E-state index in [2.05, 4.69) is 16.4 Å². The fourth-order valence-corrected chi connectivity index (χ4v) is 1.13. The largest absolute Gasteiger partial charge is 0.383 e. The molecule has 0 aromatic carbocycles. The van der Waals surface area contributed by atoms with Crippen LogP contribution in [0, 0.1) is 0 Å². The third kappa shape index (κ3) is 2.17. The molecule has 4 heteroatoms. The van der Waals surface area contributed by atoms with Gasteiger partial charge in [-0.2, -0.15) is 0 Å². The van der Waals surface area contributed by atoms with Crippen molar-refractivity contribution in [2.75, 3.05) is 11.9 Å². The van der Waals surface area contributed by atoms with Crippen LogP contribution in [-0.4, -0.2) is 11.5 Å². The van der Waals surface area contributed by atoms with Crippen molar-refractivity contribution in [1.29, 1.82) is 0 Å². The van der Waals surface area contributed by atoms with Crippen LogP contribution in [0.4, 0.5) is 5.69 Å². The van der Waals surface area contributed by atoms with E-state index in [9.17, 15) is 0 Å². The van der Waals surface area contributed by atoms with Crippen LogP contribution in [0.1, 0.15) is 5.56 Å². The predicted molar refractivity (Wildman–Crippen MR) is 57.1 cm³/mol. The number of hydrogen-bond donors (Lipinski definition) is 1. The zero-order valence-corrected chi connectivity index (χ0v) is 9.34. The highest BCUT2D eigenvalue weighted by Gasteiger charge is 2.06. The lowest BCUT2D eigenvalue weighted by molar-refractivity contribution is 1.10. The second-order valence-corrected chi connectivity index (χ2v) is 2.21. The van der Waals surface area contributed by atoms with Gasteiger partial charge in [-0.1, -0.05) is 0 Å². The molecule has 0 amide bonds. The van der Waals surface area contributed by atoms with Gasteiger partial charge in [0.15, 0.2) is 0 Å². The van der Waals surface area contributed by atoms with E-state index < -0.39 is 0 Å². The van der Waals surface area contributed by atoms with Crippen molar-refractivity contribution in [2.24, 2.45) is 0 Å². The average Bonchev–Trinajstić information content (AvgIpc) is 2.33. The molecular weight excluding hydrogens is 272 g/mol. The van der Waals surface area contributed by atoms with E-state index in [0.717, 1.165) is 13.0 Å². The number of rotatable bonds is 0. The number of fused-ring (bicyclic) bond motifs is 1. The van der Waals surface area contributed by atoms with Crippen LogP contribution < -0.4 is 5.32 Å². The van der Waals surface area contributed by atoms with Gasteiger partial charge in [-0.15, -0.1) is 34.0 Å². The highest BCUT2D eigenvalue weighted by atomic mass is 79.9. The van der Waals surface area contributed by atoms with Gasteiger partial charge in [0.1, 0.15) is 0 Å². The Morgan fingerprint density at radius 2 is 2.18 bits per heavy atom. The smallest absolute Gasteiger partial charge is 0.0560 e. The van der Waals surface area contributed by atoms with Crippen LogP contribution in [0.15, 0.2) is 18.5 Å². The summed E-state index contributed by atoms with van der Waals surface area (Å²) in [5.41, 5.74) is 2.60. The molecule has 1 aliphatic heterocycles. The number of aromatic nitrogens is 1. The van der Waals surface area contributed by atoms with Gasteiger partial charge in [0.05, 0.1) is 11.9 Å². The normalized spacial score (nSPS) is 12.0. The Balaban J connectivity index is 0.000000500. The summed E-state index contributed by atoms with van der Waals surface area (Å²) in [7, 11) is 0. The van der Waals surface area contributed by atoms with Crippen molar-refractivity contribution in [3.05, 3.63) is 24.0 Å². The van der Waals surface area contributed by atoms with Crippen LogP contribution in [0.25, 0.3) is 0 Å². The molecule has 0 saturated carbocycles. The number of anilines is 1. The first kappa shape index (κ1) is 10.9. The lowest BCUT2D eigenvalue weighted by Gasteiger charge is -1.93. The van der Waals surface area contributed by atoms with Crippen molar-refractivity contribution in [2.45, 2.75) is 6.42 Å². The quantitative estimate of drug-likeness (QED) is 0.789. The summed E-state index contributed by atoms with van der Waals surface area (Å²) < 4.78 is 0. The van der Waals surface area contributed by atoms with Gasteiger partial charge < -0.3 is 5.32 Å². The molecule has 1 aromatic rings. The number of halogens is 2. The zero-order chi connectivity index (χ0) is 6.10. The first-order valence-corrected chi connectivity index (χ1v) is 3.13. The van der Waals surface area contributed by atoms with E-state index in [1.165, 1.54) is 11.3 Å². The maximum absolute atomic E-state index is 3.99. The number of nitrogens with zero attached hydrogens (tertiary/aromatic N) is 1. The molecule has 1 aliphatic rings. The van der Waals surface area contributed by atoms with Crippen LogP contribution >= 0.6 is 34.0 Å². The summed E-state index contributed by atoms with van der Waals surface area (Å²) in [6.07, 6.45) is 4.87. The van der Waals surface area contributed by atoms with Gasteiger partial charge >= 0.3 is 0 Å². The predicted octanol–water partition coefficient (Wildman–Crippen LogP) is 2.21. The first-order chi connectivity index (χ1) is 4.47. The maximum atomic E-state index is 3.99. The minimum absolute atomic E-state index is 0. The third-order valence-corrected chi connectivity index (χ3v) is 1.62. The Bertz CT molecular complexity index is 204. The minimum Gasteiger partial charge on any atom is -0.383 e. The van der Waals surface area contributed by atoms with Gasteiger partial charge in [-0.25, -0.2) is 0 Å². The van der Waals surface area contributed by atoms with Gasteiger partial charge in [-0.3, -0.25) is 4.98 Å². The second kappa shape index (κ2) is 4.72. The van der Waals surface area contributed by atoms with Crippen LogP contribution in [0.5, 0.6) is 0 Å². The van der Waals surface area contributed by atoms with Crippen LogP contribution in [-0.2, 0) is 6.42 Å². The van der Waals surface area contributed by atoms with E-state index >= 15 is 0 Å². The van der Waals surface area contributed by atoms with Crippen molar-refractivity contribution in [3.8, 4) is 0 Å². The molecule has 0 spiro atoms. The van der Waals surface area contributed by atoms with Crippen molar-refractivity contribution >= 4 is 39.7 Å². The molecule has 2 rings (SSSR count). The van der Waals surface area contributed by atoms with E-state index in [1.807, 2.05) is 12.4 Å². The Morgan fingerprint density at radius 3 is 2.91 bits per heavy atom. The van der Waals surface area contributed by atoms with Crippen molar-refractivity contribution in [3.63, 3.8) is 0 Å². The molecule has 1 N–H and O–H groups in total. The van der Waals surface area contributed by atoms with Crippen molar-refractivity contribution < 1.29 is 0 Å². The number of hydrogen-bond acceptors (Lipinski definition) is 2. The third-order valence-electron chi connectivity index (χ3n) is 1.62. The summed E-state index contributed by atoms with van der Waals surface area (Å²) in [6.45, 7) is 1.07. The second-order valence-electron chi connectivity index (χ2n) is 2.21. The molecule has 62 valence electrons. The molecule has 2 nitrogen and oxygen atoms in total. The fraction of sp³-hybridized carbons (Fsp3) is 0.286. The van der Waals surface area contributed by atoms with Crippen LogP contribution in [0.3, 0.4) is 0 Å². The Labute approximate surface area is 87.0 Å². The Morgan fingerprint density at radius 1 is 1.36 bits per heavy atom. The Kier molecular flexibility index (Phi) is 4.68. The summed E-state index contributed by atoms with van der Waals surface area (Å²) in [6, 6.07) is 2.06. The number of pyridine rings is 1. The Hall–Kier alpha value is -0.0900. The van der Waals surface area contributed by atoms with Crippen LogP contribution in [0.2, 0.25) is 0 Å². The van der Waals surface area contributed by atoms with E-state index in [0.29, 0.717) is 0 Å². The summed E-state index contributed by atoms with van der Waals surface area (Å²) >= 11 is 0. The SMILES string of the molecule is Br.Br.c1cc2c(cn1)NCC2. The molecule has 0 fully saturated rings. The first-order valence-electron chi connectivity index (χ1n) is 3.13. The highest BCUT2D eigenvalue weighted by molar-refractivity contribution is 8.93. The molecular formula is C7H10Br2N2. The topological polar surface area (TPSA) is 24.9 Å². The van der Waals surface area contributed by atoms with E-state index in [4.69, 9.17) is 0 Å². The summed E-state index contributed by atoms with van der Waals surface area (Å²) in [5.74, 6) is 0. The van der Waals surface area contributed by atoms with Gasteiger partial charge in [0, 0.05) is 12.7 Å².